The van der Waals surface area contributed by atoms with Gasteiger partial charge in [-0.25, -0.2) is 0 Å². The first kappa shape index (κ1) is 16.6. The lowest BCUT2D eigenvalue weighted by Gasteiger charge is -2.17. The van der Waals surface area contributed by atoms with E-state index < -0.39 is 0 Å². The van der Waals surface area contributed by atoms with Gasteiger partial charge in [0, 0.05) is 38.1 Å². The zero-order valence-corrected chi connectivity index (χ0v) is 14.7. The third-order valence-electron chi connectivity index (χ3n) is 4.89. The number of benzene rings is 2. The average molecular weight is 345 g/mol. The van der Waals surface area contributed by atoms with Crippen molar-refractivity contribution in [1.82, 2.24) is 14.8 Å². The van der Waals surface area contributed by atoms with Crippen LogP contribution >= 0.6 is 0 Å². The molecule has 1 aromatic heterocycles. The SMILES string of the molecule is O=C(NC1CCN(Cc2ccccc2)C1)c1ccccc1-n1cccc1. The van der Waals surface area contributed by atoms with Gasteiger partial charge in [0.25, 0.3) is 5.91 Å². The van der Waals surface area contributed by atoms with Crippen molar-refractivity contribution in [2.75, 3.05) is 13.1 Å². The van der Waals surface area contributed by atoms with Crippen LogP contribution in [-0.2, 0) is 6.54 Å². The predicted octanol–water partition coefficient (Wildman–Crippen LogP) is 3.48. The summed E-state index contributed by atoms with van der Waals surface area (Å²) in [5.74, 6) is 0.000797. The summed E-state index contributed by atoms with van der Waals surface area (Å²) < 4.78 is 1.98. The van der Waals surface area contributed by atoms with Gasteiger partial charge in [0.05, 0.1) is 11.3 Å². The Kier molecular flexibility index (Phi) is 4.84. The van der Waals surface area contributed by atoms with Gasteiger partial charge in [-0.2, -0.15) is 0 Å². The second kappa shape index (κ2) is 7.58. The van der Waals surface area contributed by atoms with Gasteiger partial charge in [0.2, 0.25) is 0 Å². The number of para-hydroxylation sites is 1. The van der Waals surface area contributed by atoms with Crippen LogP contribution < -0.4 is 5.32 Å². The molecule has 0 radical (unpaired) electrons. The molecule has 3 aromatic rings. The highest BCUT2D eigenvalue weighted by molar-refractivity contribution is 5.98. The van der Waals surface area contributed by atoms with Gasteiger partial charge in [0.1, 0.15) is 0 Å². The topological polar surface area (TPSA) is 37.3 Å². The number of rotatable bonds is 5. The second-order valence-corrected chi connectivity index (χ2v) is 6.79. The molecule has 1 unspecified atom stereocenters. The van der Waals surface area contributed by atoms with E-state index in [1.807, 2.05) is 59.4 Å². The monoisotopic (exact) mass is 345 g/mol. The van der Waals surface area contributed by atoms with Crippen LogP contribution in [0.4, 0.5) is 0 Å². The lowest BCUT2D eigenvalue weighted by Crippen LogP contribution is -2.37. The Hall–Kier alpha value is -2.85. The maximum atomic E-state index is 12.8. The predicted molar refractivity (Wildman–Crippen MR) is 103 cm³/mol. The minimum atomic E-state index is 0.000797. The van der Waals surface area contributed by atoms with Crippen LogP contribution in [0.15, 0.2) is 79.1 Å². The Morgan fingerprint density at radius 2 is 1.69 bits per heavy atom. The number of likely N-dealkylation sites (tertiary alicyclic amines) is 1. The number of amides is 1. The van der Waals surface area contributed by atoms with Crippen molar-refractivity contribution in [1.29, 1.82) is 0 Å². The summed E-state index contributed by atoms with van der Waals surface area (Å²) in [6.45, 7) is 2.85. The van der Waals surface area contributed by atoms with E-state index in [4.69, 9.17) is 0 Å². The van der Waals surface area contributed by atoms with Crippen LogP contribution in [0.25, 0.3) is 5.69 Å². The van der Waals surface area contributed by atoms with E-state index in [9.17, 15) is 4.79 Å². The summed E-state index contributed by atoms with van der Waals surface area (Å²) in [6.07, 6.45) is 4.91. The third kappa shape index (κ3) is 3.70. The van der Waals surface area contributed by atoms with Crippen LogP contribution in [0.5, 0.6) is 0 Å². The van der Waals surface area contributed by atoms with Gasteiger partial charge in [-0.15, -0.1) is 0 Å². The maximum Gasteiger partial charge on any atom is 0.253 e. The molecule has 4 heteroatoms. The largest absolute Gasteiger partial charge is 0.348 e. The van der Waals surface area contributed by atoms with Crippen molar-refractivity contribution in [3.05, 3.63) is 90.3 Å². The maximum absolute atomic E-state index is 12.8. The third-order valence-corrected chi connectivity index (χ3v) is 4.89. The first-order valence-corrected chi connectivity index (χ1v) is 9.09. The molecule has 1 aliphatic rings. The van der Waals surface area contributed by atoms with Crippen molar-refractivity contribution in [2.24, 2.45) is 0 Å². The summed E-state index contributed by atoms with van der Waals surface area (Å²) in [5, 5.41) is 3.22. The van der Waals surface area contributed by atoms with E-state index in [1.165, 1.54) is 5.56 Å². The molecule has 4 rings (SSSR count). The molecule has 132 valence electrons. The van der Waals surface area contributed by atoms with E-state index in [2.05, 4.69) is 34.5 Å². The van der Waals surface area contributed by atoms with Gasteiger partial charge in [-0.3, -0.25) is 9.69 Å². The average Bonchev–Trinajstić information content (AvgIpc) is 3.35. The summed E-state index contributed by atoms with van der Waals surface area (Å²) in [7, 11) is 0. The fourth-order valence-electron chi connectivity index (χ4n) is 3.58. The zero-order valence-electron chi connectivity index (χ0n) is 14.7. The fourth-order valence-corrected chi connectivity index (χ4v) is 3.58. The summed E-state index contributed by atoms with van der Waals surface area (Å²) in [6, 6.07) is 22.4. The van der Waals surface area contributed by atoms with E-state index in [0.29, 0.717) is 5.56 Å². The first-order chi connectivity index (χ1) is 12.8. The second-order valence-electron chi connectivity index (χ2n) is 6.79. The molecule has 0 bridgehead atoms. The standard InChI is InChI=1S/C22H23N3O/c26-22(20-10-4-5-11-21(20)25-13-6-7-14-25)23-19-12-15-24(17-19)16-18-8-2-1-3-9-18/h1-11,13-14,19H,12,15-17H2,(H,23,26). The smallest absolute Gasteiger partial charge is 0.253 e. The lowest BCUT2D eigenvalue weighted by molar-refractivity contribution is 0.0937. The fraction of sp³-hybridized carbons (Fsp3) is 0.227. The molecule has 26 heavy (non-hydrogen) atoms. The molecule has 0 saturated carbocycles. The Labute approximate surface area is 154 Å². The van der Waals surface area contributed by atoms with Gasteiger partial charge in [-0.05, 0) is 36.2 Å². The zero-order chi connectivity index (χ0) is 17.8. The van der Waals surface area contributed by atoms with Crippen LogP contribution in [-0.4, -0.2) is 34.5 Å². The Morgan fingerprint density at radius 1 is 0.962 bits per heavy atom. The summed E-state index contributed by atoms with van der Waals surface area (Å²) in [5.41, 5.74) is 2.94. The minimum absolute atomic E-state index is 0.000797. The highest BCUT2D eigenvalue weighted by atomic mass is 16.1. The molecule has 1 N–H and O–H groups in total. The molecule has 1 fully saturated rings. The molecule has 2 heterocycles. The lowest BCUT2D eigenvalue weighted by atomic mass is 10.1. The normalized spacial score (nSPS) is 17.3. The molecule has 1 aliphatic heterocycles. The number of carbonyl (C=O) groups is 1. The van der Waals surface area contributed by atoms with E-state index in [1.54, 1.807) is 0 Å². The highest BCUT2D eigenvalue weighted by Crippen LogP contribution is 2.17. The quantitative estimate of drug-likeness (QED) is 0.769. The molecule has 2 aromatic carbocycles. The molecule has 1 amide bonds. The molecule has 0 aliphatic carbocycles. The summed E-state index contributed by atoms with van der Waals surface area (Å²) >= 11 is 0. The van der Waals surface area contributed by atoms with Crippen molar-refractivity contribution in [3.8, 4) is 5.69 Å². The number of nitrogens with one attached hydrogen (secondary N) is 1. The van der Waals surface area contributed by atoms with Crippen LogP contribution in [0, 0.1) is 0 Å². The molecular weight excluding hydrogens is 322 g/mol. The molecular formula is C22H23N3O. The Morgan fingerprint density at radius 3 is 2.50 bits per heavy atom. The van der Waals surface area contributed by atoms with Gasteiger partial charge in [0.15, 0.2) is 0 Å². The van der Waals surface area contributed by atoms with Crippen molar-refractivity contribution in [3.63, 3.8) is 0 Å². The first-order valence-electron chi connectivity index (χ1n) is 9.09. The molecule has 1 atom stereocenters. The Bertz CT molecular complexity index is 858. The summed E-state index contributed by atoms with van der Waals surface area (Å²) in [4.78, 5) is 15.2. The number of aromatic nitrogens is 1. The molecule has 0 spiro atoms. The van der Waals surface area contributed by atoms with Gasteiger partial charge in [-0.1, -0.05) is 42.5 Å². The van der Waals surface area contributed by atoms with Crippen molar-refractivity contribution >= 4 is 5.91 Å². The number of hydrogen-bond acceptors (Lipinski definition) is 2. The van der Waals surface area contributed by atoms with Crippen LogP contribution in [0.3, 0.4) is 0 Å². The van der Waals surface area contributed by atoms with Crippen LogP contribution in [0.2, 0.25) is 0 Å². The van der Waals surface area contributed by atoms with Crippen molar-refractivity contribution < 1.29 is 4.79 Å². The highest BCUT2D eigenvalue weighted by Gasteiger charge is 2.25. The van der Waals surface area contributed by atoms with E-state index in [0.717, 1.165) is 31.7 Å². The Balaban J connectivity index is 1.40. The van der Waals surface area contributed by atoms with E-state index in [-0.39, 0.29) is 11.9 Å². The molecule has 4 nitrogen and oxygen atoms in total. The van der Waals surface area contributed by atoms with Gasteiger partial charge < -0.3 is 9.88 Å². The number of hydrogen-bond donors (Lipinski definition) is 1. The van der Waals surface area contributed by atoms with Gasteiger partial charge >= 0.3 is 0 Å². The minimum Gasteiger partial charge on any atom is -0.348 e. The number of nitrogens with zero attached hydrogens (tertiary/aromatic N) is 2. The van der Waals surface area contributed by atoms with E-state index >= 15 is 0 Å². The number of carbonyl (C=O) groups excluding carboxylic acids is 1. The van der Waals surface area contributed by atoms with Crippen molar-refractivity contribution in [2.45, 2.75) is 19.0 Å². The van der Waals surface area contributed by atoms with Crippen LogP contribution in [0.1, 0.15) is 22.3 Å². The molecule has 1 saturated heterocycles.